The number of imide groups is 1. The summed E-state index contributed by atoms with van der Waals surface area (Å²) in [6.07, 6.45) is 0. The van der Waals surface area contributed by atoms with Crippen molar-refractivity contribution in [3.8, 4) is 0 Å². The van der Waals surface area contributed by atoms with E-state index in [1.54, 1.807) is 25.1 Å². The van der Waals surface area contributed by atoms with Crippen molar-refractivity contribution in [1.82, 2.24) is 10.6 Å². The summed E-state index contributed by atoms with van der Waals surface area (Å²) in [5.41, 5.74) is 0.934. The Morgan fingerprint density at radius 2 is 1.74 bits per heavy atom. The number of urea groups is 1. The first kappa shape index (κ1) is 17.0. The maximum Gasteiger partial charge on any atom is 0.321 e. The van der Waals surface area contributed by atoms with Crippen LogP contribution in [0.2, 0.25) is 0 Å². The maximum atomic E-state index is 13.6. The highest BCUT2D eigenvalue weighted by Gasteiger charge is 2.18. The van der Waals surface area contributed by atoms with Gasteiger partial charge in [0.05, 0.1) is 5.25 Å². The number of halogens is 1. The number of benzene rings is 2. The van der Waals surface area contributed by atoms with E-state index in [0.29, 0.717) is 11.4 Å². The topological polar surface area (TPSA) is 58.2 Å². The highest BCUT2D eigenvalue weighted by molar-refractivity contribution is 8.00. The lowest BCUT2D eigenvalue weighted by Crippen LogP contribution is -2.42. The Morgan fingerprint density at radius 3 is 2.43 bits per heavy atom. The van der Waals surface area contributed by atoms with Crippen LogP contribution in [0, 0.1) is 5.82 Å². The summed E-state index contributed by atoms with van der Waals surface area (Å²) in [7, 11) is 0. The molecule has 23 heavy (non-hydrogen) atoms. The second-order valence-corrected chi connectivity index (χ2v) is 6.23. The van der Waals surface area contributed by atoms with Gasteiger partial charge in [-0.05, 0) is 24.6 Å². The fourth-order valence-electron chi connectivity index (χ4n) is 1.82. The quantitative estimate of drug-likeness (QED) is 0.826. The van der Waals surface area contributed by atoms with Crippen LogP contribution in [0.4, 0.5) is 9.18 Å². The molecule has 0 unspecified atom stereocenters. The lowest BCUT2D eigenvalue weighted by atomic mass is 10.2. The second kappa shape index (κ2) is 8.33. The summed E-state index contributed by atoms with van der Waals surface area (Å²) in [4.78, 5) is 24.1. The van der Waals surface area contributed by atoms with E-state index in [0.717, 1.165) is 17.3 Å². The molecule has 0 aliphatic heterocycles. The van der Waals surface area contributed by atoms with E-state index >= 15 is 0 Å². The molecule has 2 aromatic carbocycles. The molecule has 1 atom stereocenters. The minimum atomic E-state index is -0.589. The third kappa shape index (κ3) is 5.41. The first-order chi connectivity index (χ1) is 11.1. The van der Waals surface area contributed by atoms with Crippen LogP contribution < -0.4 is 10.6 Å². The standard InChI is InChI=1S/C17H17FN2O2S/c1-12(23-15-10-6-5-9-14(15)18)16(21)20-17(22)19-11-13-7-3-2-4-8-13/h2-10,12H,11H2,1H3,(H2,19,20,21,22)/t12-/m1/s1. The maximum absolute atomic E-state index is 13.6. The molecule has 0 radical (unpaired) electrons. The van der Waals surface area contributed by atoms with E-state index in [9.17, 15) is 14.0 Å². The van der Waals surface area contributed by atoms with Gasteiger partial charge >= 0.3 is 6.03 Å². The van der Waals surface area contributed by atoms with Gasteiger partial charge in [0.2, 0.25) is 5.91 Å². The zero-order valence-corrected chi connectivity index (χ0v) is 13.4. The van der Waals surface area contributed by atoms with Crippen LogP contribution in [-0.4, -0.2) is 17.2 Å². The summed E-state index contributed by atoms with van der Waals surface area (Å²) in [6, 6.07) is 15.0. The summed E-state index contributed by atoms with van der Waals surface area (Å²) < 4.78 is 13.6. The molecule has 3 amide bonds. The molecule has 4 nitrogen and oxygen atoms in total. The van der Waals surface area contributed by atoms with Crippen LogP contribution in [-0.2, 0) is 11.3 Å². The van der Waals surface area contributed by atoms with E-state index in [1.165, 1.54) is 6.07 Å². The van der Waals surface area contributed by atoms with Gasteiger partial charge in [0, 0.05) is 11.4 Å². The number of nitrogens with one attached hydrogen (secondary N) is 2. The van der Waals surface area contributed by atoms with E-state index in [-0.39, 0.29) is 5.82 Å². The van der Waals surface area contributed by atoms with Crippen molar-refractivity contribution in [3.63, 3.8) is 0 Å². The number of amides is 3. The van der Waals surface area contributed by atoms with Crippen molar-refractivity contribution in [2.75, 3.05) is 0 Å². The molecule has 2 N–H and O–H groups in total. The van der Waals surface area contributed by atoms with Crippen LogP contribution in [0.25, 0.3) is 0 Å². The van der Waals surface area contributed by atoms with Crippen molar-refractivity contribution in [3.05, 3.63) is 66.0 Å². The van der Waals surface area contributed by atoms with Gasteiger partial charge in [-0.15, -0.1) is 11.8 Å². The van der Waals surface area contributed by atoms with Gasteiger partial charge in [-0.2, -0.15) is 0 Å². The average molecular weight is 332 g/mol. The molecule has 120 valence electrons. The average Bonchev–Trinajstić information content (AvgIpc) is 2.56. The van der Waals surface area contributed by atoms with Crippen molar-refractivity contribution < 1.29 is 14.0 Å². The van der Waals surface area contributed by atoms with E-state index in [1.807, 2.05) is 30.3 Å². The molecule has 6 heteroatoms. The van der Waals surface area contributed by atoms with Crippen LogP contribution >= 0.6 is 11.8 Å². The third-order valence-corrected chi connectivity index (χ3v) is 4.19. The van der Waals surface area contributed by atoms with Crippen LogP contribution in [0.3, 0.4) is 0 Å². The van der Waals surface area contributed by atoms with Gasteiger partial charge in [0.1, 0.15) is 5.82 Å². The van der Waals surface area contributed by atoms with Gasteiger partial charge < -0.3 is 5.32 Å². The fraction of sp³-hybridized carbons (Fsp3) is 0.176. The summed E-state index contributed by atoms with van der Waals surface area (Å²) in [5.74, 6) is -0.852. The van der Waals surface area contributed by atoms with Gasteiger partial charge in [-0.3, -0.25) is 10.1 Å². The summed E-state index contributed by atoms with van der Waals surface area (Å²) in [5, 5.41) is 4.27. The lowest BCUT2D eigenvalue weighted by Gasteiger charge is -2.12. The molecular weight excluding hydrogens is 315 g/mol. The predicted molar refractivity (Wildman–Crippen MR) is 88.5 cm³/mol. The zero-order valence-electron chi connectivity index (χ0n) is 12.6. The van der Waals surface area contributed by atoms with Crippen LogP contribution in [0.15, 0.2) is 59.5 Å². The SMILES string of the molecule is C[C@@H](Sc1ccccc1F)C(=O)NC(=O)NCc1ccccc1. The van der Waals surface area contributed by atoms with E-state index in [4.69, 9.17) is 0 Å². The number of rotatable bonds is 5. The van der Waals surface area contributed by atoms with Crippen LogP contribution in [0.5, 0.6) is 0 Å². The molecule has 0 aliphatic carbocycles. The number of hydrogen-bond acceptors (Lipinski definition) is 3. The number of carbonyl (C=O) groups is 2. The molecule has 0 fully saturated rings. The van der Waals surface area contributed by atoms with Crippen molar-refractivity contribution in [1.29, 1.82) is 0 Å². The summed E-state index contributed by atoms with van der Waals surface area (Å²) >= 11 is 1.07. The van der Waals surface area contributed by atoms with Gasteiger partial charge in [0.15, 0.2) is 0 Å². The fourth-order valence-corrected chi connectivity index (χ4v) is 2.70. The first-order valence-corrected chi connectivity index (χ1v) is 7.98. The van der Waals surface area contributed by atoms with Crippen molar-refractivity contribution >= 4 is 23.7 Å². The minimum Gasteiger partial charge on any atom is -0.334 e. The largest absolute Gasteiger partial charge is 0.334 e. The van der Waals surface area contributed by atoms with E-state index in [2.05, 4.69) is 10.6 Å². The molecule has 2 rings (SSSR count). The Hall–Kier alpha value is -2.34. The highest BCUT2D eigenvalue weighted by Crippen LogP contribution is 2.25. The number of hydrogen-bond donors (Lipinski definition) is 2. The highest BCUT2D eigenvalue weighted by atomic mass is 32.2. The van der Waals surface area contributed by atoms with E-state index < -0.39 is 17.2 Å². The Kier molecular flexibility index (Phi) is 6.17. The first-order valence-electron chi connectivity index (χ1n) is 7.10. The monoisotopic (exact) mass is 332 g/mol. The van der Waals surface area contributed by atoms with Gasteiger partial charge in [-0.25, -0.2) is 9.18 Å². The number of thioether (sulfide) groups is 1. The summed E-state index contributed by atoms with van der Waals surface area (Å²) in [6.45, 7) is 1.95. The predicted octanol–water partition coefficient (Wildman–Crippen LogP) is 3.33. The molecule has 0 saturated carbocycles. The minimum absolute atomic E-state index is 0.328. The van der Waals surface area contributed by atoms with Crippen molar-refractivity contribution in [2.24, 2.45) is 0 Å². The second-order valence-electron chi connectivity index (χ2n) is 4.85. The lowest BCUT2D eigenvalue weighted by molar-refractivity contribution is -0.119. The smallest absolute Gasteiger partial charge is 0.321 e. The van der Waals surface area contributed by atoms with Crippen LogP contribution in [0.1, 0.15) is 12.5 Å². The molecule has 2 aromatic rings. The molecule has 0 bridgehead atoms. The Balaban J connectivity index is 1.81. The normalized spacial score (nSPS) is 11.6. The zero-order chi connectivity index (χ0) is 16.7. The molecule has 0 heterocycles. The number of carbonyl (C=O) groups excluding carboxylic acids is 2. The Bertz CT molecular complexity index is 679. The Morgan fingerprint density at radius 1 is 1.09 bits per heavy atom. The van der Waals surface area contributed by atoms with Gasteiger partial charge in [-0.1, -0.05) is 42.5 Å². The molecular formula is C17H17FN2O2S. The molecule has 0 aromatic heterocycles. The molecule has 0 spiro atoms. The third-order valence-electron chi connectivity index (χ3n) is 3.04. The molecule has 0 saturated heterocycles. The van der Waals surface area contributed by atoms with Crippen molar-refractivity contribution in [2.45, 2.75) is 23.6 Å². The molecule has 0 aliphatic rings. The Labute approximate surface area is 138 Å². The van der Waals surface area contributed by atoms with Gasteiger partial charge in [0.25, 0.3) is 0 Å².